The molecule has 0 aromatic heterocycles. The molecule has 12 heteroatoms. The lowest BCUT2D eigenvalue weighted by atomic mass is 10.00. The largest absolute Gasteiger partial charge is 0.508 e. The maximum absolute atomic E-state index is 13.1. The molecule has 0 heterocycles. The lowest BCUT2D eigenvalue weighted by molar-refractivity contribution is -0.141. The number of carbonyl (C=O) groups excluding carboxylic acids is 3. The molecule has 0 bridgehead atoms. The number of rotatable bonds is 13. The lowest BCUT2D eigenvalue weighted by Crippen LogP contribution is -2.58. The number of nitrogens with two attached hydrogens (primary N) is 1. The van der Waals surface area contributed by atoms with Crippen molar-refractivity contribution in [3.05, 3.63) is 29.8 Å². The fraction of sp³-hybridized carbons (Fsp3) is 0.545. The average molecular weight is 499 g/mol. The van der Waals surface area contributed by atoms with Crippen molar-refractivity contribution in [3.63, 3.8) is 0 Å². The molecular weight excluding hydrogens is 464 g/mol. The highest BCUT2D eigenvalue weighted by Crippen LogP contribution is 2.13. The van der Waals surface area contributed by atoms with Gasteiger partial charge in [0.15, 0.2) is 0 Å². The van der Waals surface area contributed by atoms with Crippen LogP contribution in [0.25, 0.3) is 0 Å². The smallest absolute Gasteiger partial charge is 0.327 e. The maximum atomic E-state index is 13.1. The Kier molecular flexibility index (Phi) is 11.8. The number of phenols is 1. The first-order valence-corrected chi connectivity index (χ1v) is 11.4. The Labute approximate surface area is 203 Å². The van der Waals surface area contributed by atoms with Crippen LogP contribution in [0.15, 0.2) is 24.3 Å². The van der Waals surface area contributed by atoms with Crippen molar-refractivity contribution in [2.75, 3.05) is 5.75 Å². The SMILES string of the molecule is CC(C)CC(NC(=O)C(N)C(C)O)C(=O)NC(Cc1ccc(O)cc1)C(=O)NC(CS)C(=O)O. The Balaban J connectivity index is 3.12. The normalized spacial score (nSPS) is 15.5. The van der Waals surface area contributed by atoms with Gasteiger partial charge < -0.3 is 37.0 Å². The van der Waals surface area contributed by atoms with Crippen molar-refractivity contribution in [1.82, 2.24) is 16.0 Å². The fourth-order valence-electron chi connectivity index (χ4n) is 3.00. The molecule has 0 aliphatic heterocycles. The summed E-state index contributed by atoms with van der Waals surface area (Å²) in [5.74, 6) is -3.58. The molecule has 0 spiro atoms. The number of hydrogen-bond donors (Lipinski definition) is 8. The number of hydrogen-bond acceptors (Lipinski definition) is 8. The van der Waals surface area contributed by atoms with Crippen LogP contribution < -0.4 is 21.7 Å². The molecule has 5 atom stereocenters. The average Bonchev–Trinajstić information content (AvgIpc) is 2.76. The van der Waals surface area contributed by atoms with Crippen LogP contribution in [0.3, 0.4) is 0 Å². The molecule has 0 radical (unpaired) electrons. The highest BCUT2D eigenvalue weighted by molar-refractivity contribution is 7.80. The van der Waals surface area contributed by atoms with Gasteiger partial charge in [0.25, 0.3) is 0 Å². The molecule has 1 aromatic carbocycles. The molecule has 0 saturated heterocycles. The van der Waals surface area contributed by atoms with Crippen molar-refractivity contribution in [1.29, 1.82) is 0 Å². The van der Waals surface area contributed by atoms with E-state index >= 15 is 0 Å². The molecule has 5 unspecified atom stereocenters. The van der Waals surface area contributed by atoms with Crippen LogP contribution in [0, 0.1) is 5.92 Å². The summed E-state index contributed by atoms with van der Waals surface area (Å²) in [6.45, 7) is 5.03. The summed E-state index contributed by atoms with van der Waals surface area (Å²) in [6.07, 6.45) is -0.914. The molecule has 0 fully saturated rings. The van der Waals surface area contributed by atoms with Gasteiger partial charge in [-0.15, -0.1) is 0 Å². The number of thiol groups is 1. The minimum Gasteiger partial charge on any atom is -0.508 e. The van der Waals surface area contributed by atoms with Gasteiger partial charge in [0, 0.05) is 12.2 Å². The standard InChI is InChI=1S/C22H34N4O7S/c1-11(2)8-15(25-21(31)18(23)12(3)27)19(29)24-16(9-13-4-6-14(28)7-5-13)20(30)26-17(10-34)22(32)33/h4-7,11-12,15-18,27-28,34H,8-10,23H2,1-3H3,(H,24,29)(H,25,31)(H,26,30)(H,32,33). The molecular formula is C22H34N4O7S. The van der Waals surface area contributed by atoms with Crippen LogP contribution in [-0.4, -0.2) is 75.0 Å². The van der Waals surface area contributed by atoms with Crippen molar-refractivity contribution >= 4 is 36.3 Å². The Morgan fingerprint density at radius 3 is 1.88 bits per heavy atom. The molecule has 3 amide bonds. The van der Waals surface area contributed by atoms with Crippen LogP contribution >= 0.6 is 12.6 Å². The summed E-state index contributed by atoms with van der Waals surface area (Å²) in [5, 5.41) is 35.7. The maximum Gasteiger partial charge on any atom is 0.327 e. The molecule has 190 valence electrons. The van der Waals surface area contributed by atoms with Gasteiger partial charge in [0.05, 0.1) is 6.10 Å². The predicted octanol–water partition coefficient (Wildman–Crippen LogP) is -0.842. The Morgan fingerprint density at radius 1 is 0.912 bits per heavy atom. The number of carboxylic acids is 1. The van der Waals surface area contributed by atoms with E-state index in [9.17, 15) is 34.5 Å². The minimum atomic E-state index is -1.28. The zero-order chi connectivity index (χ0) is 26.0. The number of aromatic hydroxyl groups is 1. The number of phenolic OH excluding ortho intramolecular Hbond substituents is 1. The van der Waals surface area contributed by atoms with Gasteiger partial charge >= 0.3 is 5.97 Å². The number of carboxylic acid groups (broad SMARTS) is 1. The third-order valence-electron chi connectivity index (χ3n) is 4.97. The molecule has 0 aliphatic rings. The van der Waals surface area contributed by atoms with Gasteiger partial charge in [0.1, 0.15) is 29.9 Å². The molecule has 34 heavy (non-hydrogen) atoms. The highest BCUT2D eigenvalue weighted by atomic mass is 32.1. The highest BCUT2D eigenvalue weighted by Gasteiger charge is 2.31. The Morgan fingerprint density at radius 2 is 1.41 bits per heavy atom. The molecule has 1 rings (SSSR count). The number of amides is 3. The second-order valence-corrected chi connectivity index (χ2v) is 8.84. The van der Waals surface area contributed by atoms with Gasteiger partial charge in [0.2, 0.25) is 17.7 Å². The first kappa shape index (κ1) is 29.2. The van der Waals surface area contributed by atoms with Gasteiger partial charge in [-0.25, -0.2) is 4.79 Å². The Bertz CT molecular complexity index is 848. The van der Waals surface area contributed by atoms with Crippen LogP contribution in [-0.2, 0) is 25.6 Å². The van der Waals surface area contributed by atoms with Crippen LogP contribution in [0.4, 0.5) is 0 Å². The van der Waals surface area contributed by atoms with Gasteiger partial charge in [-0.3, -0.25) is 14.4 Å². The van der Waals surface area contributed by atoms with E-state index in [1.165, 1.54) is 19.1 Å². The van der Waals surface area contributed by atoms with Gasteiger partial charge in [-0.1, -0.05) is 26.0 Å². The summed E-state index contributed by atoms with van der Waals surface area (Å²) < 4.78 is 0. The van der Waals surface area contributed by atoms with Crippen molar-refractivity contribution in [2.24, 2.45) is 11.7 Å². The zero-order valence-corrected chi connectivity index (χ0v) is 20.3. The van der Waals surface area contributed by atoms with Gasteiger partial charge in [-0.2, -0.15) is 12.6 Å². The second-order valence-electron chi connectivity index (χ2n) is 8.47. The van der Waals surface area contributed by atoms with Crippen LogP contribution in [0.2, 0.25) is 0 Å². The predicted molar refractivity (Wildman–Crippen MR) is 128 cm³/mol. The third-order valence-corrected chi connectivity index (χ3v) is 5.33. The van der Waals surface area contributed by atoms with Crippen LogP contribution in [0.5, 0.6) is 5.75 Å². The van der Waals surface area contributed by atoms with E-state index in [4.69, 9.17) is 5.73 Å². The van der Waals surface area contributed by atoms with E-state index in [-0.39, 0.29) is 30.3 Å². The third kappa shape index (κ3) is 9.57. The monoisotopic (exact) mass is 498 g/mol. The molecule has 0 aliphatic carbocycles. The fourth-order valence-corrected chi connectivity index (χ4v) is 3.24. The summed E-state index contributed by atoms with van der Waals surface area (Å²) in [7, 11) is 0. The van der Waals surface area contributed by atoms with E-state index in [0.717, 1.165) is 0 Å². The van der Waals surface area contributed by atoms with Crippen molar-refractivity contribution in [3.8, 4) is 5.75 Å². The number of aliphatic hydroxyl groups is 1. The van der Waals surface area contributed by atoms with E-state index in [0.29, 0.717) is 5.56 Å². The number of nitrogens with one attached hydrogen (secondary N) is 3. The summed E-state index contributed by atoms with van der Waals surface area (Å²) in [6, 6.07) is 1.20. The van der Waals surface area contributed by atoms with Crippen molar-refractivity contribution in [2.45, 2.75) is 63.9 Å². The van der Waals surface area contributed by atoms with Crippen molar-refractivity contribution < 1.29 is 34.5 Å². The molecule has 1 aromatic rings. The van der Waals surface area contributed by atoms with E-state index in [1.807, 2.05) is 13.8 Å². The minimum absolute atomic E-state index is 0.00764. The van der Waals surface area contributed by atoms with Gasteiger partial charge in [-0.05, 0) is 37.0 Å². The van der Waals surface area contributed by atoms with E-state index in [1.54, 1.807) is 12.1 Å². The quantitative estimate of drug-likeness (QED) is 0.161. The molecule has 0 saturated carbocycles. The number of aliphatic hydroxyl groups excluding tert-OH is 1. The summed E-state index contributed by atoms with van der Waals surface area (Å²) in [5.41, 5.74) is 6.25. The topological polar surface area (TPSA) is 191 Å². The number of benzene rings is 1. The first-order valence-electron chi connectivity index (χ1n) is 10.8. The van der Waals surface area contributed by atoms with E-state index < -0.39 is 54.0 Å². The van der Waals surface area contributed by atoms with Crippen LogP contribution in [0.1, 0.15) is 32.8 Å². The van der Waals surface area contributed by atoms with E-state index in [2.05, 4.69) is 28.6 Å². The summed E-state index contributed by atoms with van der Waals surface area (Å²) >= 11 is 3.93. The number of carbonyl (C=O) groups is 4. The summed E-state index contributed by atoms with van der Waals surface area (Å²) in [4.78, 5) is 49.6. The second kappa shape index (κ2) is 13.8. The number of aliphatic carboxylic acids is 1. The molecule has 8 N–H and O–H groups in total. The zero-order valence-electron chi connectivity index (χ0n) is 19.4. The molecule has 11 nitrogen and oxygen atoms in total. The first-order chi connectivity index (χ1) is 15.8. The Hall–Kier alpha value is -2.83. The lowest BCUT2D eigenvalue weighted by Gasteiger charge is -2.26.